The van der Waals surface area contributed by atoms with Crippen molar-refractivity contribution in [2.24, 2.45) is 0 Å². The Morgan fingerprint density at radius 2 is 2.05 bits per heavy atom. The van der Waals surface area contributed by atoms with Crippen LogP contribution in [0.2, 0.25) is 0 Å². The summed E-state index contributed by atoms with van der Waals surface area (Å²) in [5, 5.41) is 8.94. The van der Waals surface area contributed by atoms with Crippen molar-refractivity contribution in [3.63, 3.8) is 0 Å². The molecule has 2 rings (SSSR count). The van der Waals surface area contributed by atoms with Gasteiger partial charge in [0.05, 0.1) is 23.7 Å². The van der Waals surface area contributed by atoms with Gasteiger partial charge < -0.3 is 4.74 Å². The lowest BCUT2D eigenvalue weighted by Gasteiger charge is -2.05. The summed E-state index contributed by atoms with van der Waals surface area (Å²) in [6, 6.07) is 12.6. The summed E-state index contributed by atoms with van der Waals surface area (Å²) >= 11 is 0. The molecule has 0 saturated heterocycles. The third kappa shape index (κ3) is 3.18. The Bertz CT molecular complexity index is 633. The number of aromatic nitrogens is 1. The van der Waals surface area contributed by atoms with Gasteiger partial charge in [-0.15, -0.1) is 0 Å². The largest absolute Gasteiger partial charge is 0.497 e. The average Bonchev–Trinajstić information content (AvgIpc) is 2.48. The van der Waals surface area contributed by atoms with Gasteiger partial charge >= 0.3 is 0 Å². The van der Waals surface area contributed by atoms with Gasteiger partial charge in [-0.1, -0.05) is 6.07 Å². The molecule has 0 saturated carbocycles. The molecule has 4 nitrogen and oxygen atoms in total. The van der Waals surface area contributed by atoms with Crippen LogP contribution >= 0.6 is 0 Å². The minimum absolute atomic E-state index is 0.281. The van der Waals surface area contributed by atoms with Crippen LogP contribution in [0.25, 0.3) is 0 Å². The predicted octanol–water partition coefficient (Wildman–Crippen LogP) is 2.27. The Morgan fingerprint density at radius 1 is 1.32 bits per heavy atom. The molecule has 19 heavy (non-hydrogen) atoms. The van der Waals surface area contributed by atoms with Crippen LogP contribution in [0.5, 0.6) is 5.75 Å². The minimum atomic E-state index is -1.20. The highest BCUT2D eigenvalue weighted by Gasteiger charge is 2.09. The number of rotatable bonds is 4. The van der Waals surface area contributed by atoms with Crippen LogP contribution in [-0.2, 0) is 16.6 Å². The van der Waals surface area contributed by atoms with E-state index in [4.69, 9.17) is 10.00 Å². The second-order valence-corrected chi connectivity index (χ2v) is 5.24. The molecule has 0 N–H and O–H groups in total. The molecule has 1 heterocycles. The maximum absolute atomic E-state index is 12.2. The van der Waals surface area contributed by atoms with Crippen molar-refractivity contribution in [2.75, 3.05) is 7.11 Å². The Balaban J connectivity index is 2.18. The summed E-state index contributed by atoms with van der Waals surface area (Å²) in [7, 11) is 0.381. The lowest BCUT2D eigenvalue weighted by atomic mass is 10.2. The zero-order chi connectivity index (χ0) is 13.7. The number of pyridine rings is 1. The first kappa shape index (κ1) is 13.2. The van der Waals surface area contributed by atoms with Crippen LogP contribution in [0.15, 0.2) is 47.5 Å². The highest BCUT2D eigenvalue weighted by molar-refractivity contribution is 7.84. The van der Waals surface area contributed by atoms with Crippen molar-refractivity contribution in [1.29, 1.82) is 5.26 Å². The lowest BCUT2D eigenvalue weighted by Crippen LogP contribution is -2.00. The third-order valence-corrected chi connectivity index (χ3v) is 3.98. The molecule has 0 aliphatic carbocycles. The van der Waals surface area contributed by atoms with E-state index in [1.165, 1.54) is 0 Å². The van der Waals surface area contributed by atoms with Crippen molar-refractivity contribution in [3.05, 3.63) is 53.9 Å². The van der Waals surface area contributed by atoms with Crippen LogP contribution < -0.4 is 4.74 Å². The second-order valence-electron chi connectivity index (χ2n) is 3.79. The first-order chi connectivity index (χ1) is 9.24. The summed E-state index contributed by atoms with van der Waals surface area (Å²) in [4.78, 5) is 4.66. The molecule has 1 aromatic heterocycles. The van der Waals surface area contributed by atoms with Gasteiger partial charge in [0, 0.05) is 16.7 Å². The van der Waals surface area contributed by atoms with Gasteiger partial charge in [-0.05, 0) is 30.3 Å². The number of nitriles is 1. The van der Waals surface area contributed by atoms with E-state index in [-0.39, 0.29) is 5.75 Å². The van der Waals surface area contributed by atoms with Gasteiger partial charge in [-0.2, -0.15) is 5.26 Å². The fraction of sp³-hybridized carbons (Fsp3) is 0.143. The Kier molecular flexibility index (Phi) is 4.26. The van der Waals surface area contributed by atoms with Crippen LogP contribution in [0.4, 0.5) is 0 Å². The number of hydrogen-bond acceptors (Lipinski definition) is 4. The second kappa shape index (κ2) is 6.12. The van der Waals surface area contributed by atoms with Crippen LogP contribution in [0.3, 0.4) is 0 Å². The SMILES string of the molecule is COc1ccc(S(=O)Cc2cccnc2C#N)cc1. The molecular formula is C14H12N2O2S. The zero-order valence-corrected chi connectivity index (χ0v) is 11.2. The predicted molar refractivity (Wildman–Crippen MR) is 72.1 cm³/mol. The van der Waals surface area contributed by atoms with Crippen molar-refractivity contribution in [1.82, 2.24) is 4.98 Å². The molecular weight excluding hydrogens is 260 g/mol. The van der Waals surface area contributed by atoms with Crippen molar-refractivity contribution >= 4 is 10.8 Å². The molecule has 1 aromatic carbocycles. The fourth-order valence-corrected chi connectivity index (χ4v) is 2.73. The Labute approximate surface area is 114 Å². The van der Waals surface area contributed by atoms with Crippen LogP contribution in [0.1, 0.15) is 11.3 Å². The number of hydrogen-bond donors (Lipinski definition) is 0. The maximum Gasteiger partial charge on any atom is 0.144 e. The molecule has 2 aromatic rings. The van der Waals surface area contributed by atoms with E-state index in [2.05, 4.69) is 4.98 Å². The van der Waals surface area contributed by atoms with Gasteiger partial charge in [-0.3, -0.25) is 4.21 Å². The number of nitrogens with zero attached hydrogens (tertiary/aromatic N) is 2. The molecule has 96 valence electrons. The van der Waals surface area contributed by atoms with Gasteiger partial charge in [0.25, 0.3) is 0 Å². The lowest BCUT2D eigenvalue weighted by molar-refractivity contribution is 0.414. The van der Waals surface area contributed by atoms with E-state index in [1.807, 2.05) is 6.07 Å². The van der Waals surface area contributed by atoms with E-state index >= 15 is 0 Å². The van der Waals surface area contributed by atoms with Crippen molar-refractivity contribution < 1.29 is 8.95 Å². The summed E-state index contributed by atoms with van der Waals surface area (Å²) in [6.07, 6.45) is 1.55. The molecule has 0 aliphatic rings. The molecule has 0 amide bonds. The molecule has 0 fully saturated rings. The van der Waals surface area contributed by atoms with Gasteiger partial charge in [0.2, 0.25) is 0 Å². The van der Waals surface area contributed by atoms with E-state index in [0.29, 0.717) is 16.2 Å². The Hall–Kier alpha value is -2.19. The number of ether oxygens (including phenoxy) is 1. The molecule has 0 aliphatic heterocycles. The molecule has 1 atom stereocenters. The smallest absolute Gasteiger partial charge is 0.144 e. The number of methoxy groups -OCH3 is 1. The van der Waals surface area contributed by atoms with Crippen molar-refractivity contribution in [2.45, 2.75) is 10.6 Å². The summed E-state index contributed by atoms with van der Waals surface area (Å²) in [5.41, 5.74) is 1.02. The zero-order valence-electron chi connectivity index (χ0n) is 10.4. The van der Waals surface area contributed by atoms with E-state index in [9.17, 15) is 4.21 Å². The third-order valence-electron chi connectivity index (χ3n) is 2.61. The quantitative estimate of drug-likeness (QED) is 0.856. The summed E-state index contributed by atoms with van der Waals surface area (Å²) in [5.74, 6) is 1.00. The normalized spacial score (nSPS) is 11.6. The summed E-state index contributed by atoms with van der Waals surface area (Å²) < 4.78 is 17.3. The van der Waals surface area contributed by atoms with E-state index < -0.39 is 10.8 Å². The first-order valence-electron chi connectivity index (χ1n) is 5.61. The topological polar surface area (TPSA) is 63.0 Å². The number of benzene rings is 1. The van der Waals surface area contributed by atoms with Gasteiger partial charge in [0.15, 0.2) is 0 Å². The molecule has 0 bridgehead atoms. The monoisotopic (exact) mass is 272 g/mol. The molecule has 0 spiro atoms. The first-order valence-corrected chi connectivity index (χ1v) is 6.93. The Morgan fingerprint density at radius 3 is 2.68 bits per heavy atom. The highest BCUT2D eigenvalue weighted by atomic mass is 32.2. The minimum Gasteiger partial charge on any atom is -0.497 e. The van der Waals surface area contributed by atoms with Gasteiger partial charge in [-0.25, -0.2) is 4.98 Å². The molecule has 5 heteroatoms. The van der Waals surface area contributed by atoms with E-state index in [1.54, 1.807) is 49.7 Å². The molecule has 1 unspecified atom stereocenters. The summed E-state index contributed by atoms with van der Waals surface area (Å²) in [6.45, 7) is 0. The average molecular weight is 272 g/mol. The standard InChI is InChI=1S/C14H12N2O2S/c1-18-12-4-6-13(7-5-12)19(17)10-11-3-2-8-16-14(11)9-15/h2-8H,10H2,1H3. The van der Waals surface area contributed by atoms with Crippen LogP contribution in [-0.4, -0.2) is 16.3 Å². The van der Waals surface area contributed by atoms with Crippen molar-refractivity contribution in [3.8, 4) is 11.8 Å². The van der Waals surface area contributed by atoms with E-state index in [0.717, 1.165) is 5.75 Å². The highest BCUT2D eigenvalue weighted by Crippen LogP contribution is 2.17. The molecule has 0 radical (unpaired) electrons. The fourth-order valence-electron chi connectivity index (χ4n) is 1.61. The maximum atomic E-state index is 12.2. The van der Waals surface area contributed by atoms with Crippen LogP contribution in [0, 0.1) is 11.3 Å². The van der Waals surface area contributed by atoms with Gasteiger partial charge in [0.1, 0.15) is 17.5 Å².